The van der Waals surface area contributed by atoms with Crippen LogP contribution in [0.3, 0.4) is 0 Å². The number of rotatable bonds is 5. The Labute approximate surface area is 119 Å². The van der Waals surface area contributed by atoms with Crippen LogP contribution in [-0.2, 0) is 15.1 Å². The number of carbonyl (C=O) groups is 1. The summed E-state index contributed by atoms with van der Waals surface area (Å²) in [5.74, 6) is 0.609. The zero-order valence-corrected chi connectivity index (χ0v) is 12.5. The second-order valence-electron chi connectivity index (χ2n) is 5.12. The monoisotopic (exact) mass is 275 g/mol. The van der Waals surface area contributed by atoms with Gasteiger partial charge in [0.15, 0.2) is 0 Å². The fourth-order valence-corrected chi connectivity index (χ4v) is 2.27. The number of carbonyl (C=O) groups excluding carboxylic acids is 1. The van der Waals surface area contributed by atoms with E-state index in [1.165, 1.54) is 0 Å². The normalized spacial score (nSPS) is 11.6. The van der Waals surface area contributed by atoms with Crippen LogP contribution in [0.15, 0.2) is 30.5 Å². The summed E-state index contributed by atoms with van der Waals surface area (Å²) in [6, 6.07) is 7.86. The highest BCUT2D eigenvalue weighted by atomic mass is 16.5. The SMILES string of the molecule is CCOC(=O)C(C)(C)n1ccc2cc(OCC)ccc21. The van der Waals surface area contributed by atoms with E-state index in [1.807, 2.05) is 62.7 Å². The number of benzene rings is 1. The zero-order valence-electron chi connectivity index (χ0n) is 12.5. The minimum absolute atomic E-state index is 0.230. The van der Waals surface area contributed by atoms with E-state index in [1.54, 1.807) is 0 Å². The first-order chi connectivity index (χ1) is 9.50. The summed E-state index contributed by atoms with van der Waals surface area (Å²) in [5.41, 5.74) is 0.261. The molecule has 4 nitrogen and oxygen atoms in total. The van der Waals surface area contributed by atoms with Gasteiger partial charge >= 0.3 is 5.97 Å². The van der Waals surface area contributed by atoms with E-state index in [-0.39, 0.29) is 5.97 Å². The van der Waals surface area contributed by atoms with Gasteiger partial charge in [0.1, 0.15) is 11.3 Å². The molecule has 0 radical (unpaired) electrons. The van der Waals surface area contributed by atoms with E-state index in [9.17, 15) is 4.79 Å². The lowest BCUT2D eigenvalue weighted by Gasteiger charge is -2.25. The van der Waals surface area contributed by atoms with E-state index < -0.39 is 5.54 Å². The maximum absolute atomic E-state index is 12.1. The molecule has 1 aromatic carbocycles. The van der Waals surface area contributed by atoms with E-state index in [4.69, 9.17) is 9.47 Å². The second-order valence-corrected chi connectivity index (χ2v) is 5.12. The molecule has 0 saturated heterocycles. The molecule has 0 bridgehead atoms. The number of fused-ring (bicyclic) bond motifs is 1. The summed E-state index contributed by atoms with van der Waals surface area (Å²) < 4.78 is 12.6. The molecule has 0 atom stereocenters. The number of hydrogen-bond donors (Lipinski definition) is 0. The number of esters is 1. The van der Waals surface area contributed by atoms with Crippen molar-refractivity contribution >= 4 is 16.9 Å². The Balaban J connectivity index is 2.43. The summed E-state index contributed by atoms with van der Waals surface area (Å²) in [4.78, 5) is 12.1. The van der Waals surface area contributed by atoms with Gasteiger partial charge < -0.3 is 14.0 Å². The quantitative estimate of drug-likeness (QED) is 0.786. The van der Waals surface area contributed by atoms with Crippen LogP contribution in [0.2, 0.25) is 0 Å². The molecule has 108 valence electrons. The molecule has 0 aliphatic rings. The molecule has 0 saturated carbocycles. The average molecular weight is 275 g/mol. The Morgan fingerprint density at radius 3 is 2.60 bits per heavy atom. The number of ether oxygens (including phenoxy) is 2. The van der Waals surface area contributed by atoms with Gasteiger partial charge in [0, 0.05) is 17.1 Å². The van der Waals surface area contributed by atoms with Crippen LogP contribution < -0.4 is 4.74 Å². The fraction of sp³-hybridized carbons (Fsp3) is 0.438. The lowest BCUT2D eigenvalue weighted by Crippen LogP contribution is -2.36. The van der Waals surface area contributed by atoms with Gasteiger partial charge in [-0.15, -0.1) is 0 Å². The summed E-state index contributed by atoms with van der Waals surface area (Å²) >= 11 is 0. The van der Waals surface area contributed by atoms with Crippen molar-refractivity contribution in [2.24, 2.45) is 0 Å². The van der Waals surface area contributed by atoms with Crippen molar-refractivity contribution < 1.29 is 14.3 Å². The molecule has 2 rings (SSSR count). The minimum atomic E-state index is -0.731. The highest BCUT2D eigenvalue weighted by Gasteiger charge is 2.31. The highest BCUT2D eigenvalue weighted by Crippen LogP contribution is 2.28. The van der Waals surface area contributed by atoms with Crippen LogP contribution in [0.1, 0.15) is 27.7 Å². The van der Waals surface area contributed by atoms with Crippen LogP contribution in [-0.4, -0.2) is 23.8 Å². The van der Waals surface area contributed by atoms with Gasteiger partial charge in [0.05, 0.1) is 13.2 Å². The third-order valence-corrected chi connectivity index (χ3v) is 3.35. The first-order valence-electron chi connectivity index (χ1n) is 6.92. The van der Waals surface area contributed by atoms with Gasteiger partial charge in [-0.2, -0.15) is 0 Å². The van der Waals surface area contributed by atoms with Gasteiger partial charge in [-0.05, 0) is 52.0 Å². The largest absolute Gasteiger partial charge is 0.494 e. The number of aromatic nitrogens is 1. The number of nitrogens with zero attached hydrogens (tertiary/aromatic N) is 1. The molecule has 1 aromatic heterocycles. The van der Waals surface area contributed by atoms with Gasteiger partial charge in [-0.25, -0.2) is 4.79 Å². The van der Waals surface area contributed by atoms with Crippen LogP contribution >= 0.6 is 0 Å². The Morgan fingerprint density at radius 1 is 1.20 bits per heavy atom. The Hall–Kier alpha value is -1.97. The zero-order chi connectivity index (χ0) is 14.8. The van der Waals surface area contributed by atoms with Crippen molar-refractivity contribution in [3.05, 3.63) is 30.5 Å². The van der Waals surface area contributed by atoms with Gasteiger partial charge in [0.25, 0.3) is 0 Å². The fourth-order valence-electron chi connectivity index (χ4n) is 2.27. The van der Waals surface area contributed by atoms with Crippen molar-refractivity contribution in [3.63, 3.8) is 0 Å². The Bertz CT molecular complexity index is 613. The topological polar surface area (TPSA) is 40.5 Å². The molecule has 2 aromatic rings. The lowest BCUT2D eigenvalue weighted by atomic mass is 10.1. The Kier molecular flexibility index (Phi) is 4.02. The minimum Gasteiger partial charge on any atom is -0.494 e. The van der Waals surface area contributed by atoms with E-state index in [0.29, 0.717) is 13.2 Å². The highest BCUT2D eigenvalue weighted by molar-refractivity contribution is 5.86. The predicted molar refractivity (Wildman–Crippen MR) is 79.1 cm³/mol. The van der Waals surface area contributed by atoms with Crippen molar-refractivity contribution in [3.8, 4) is 5.75 Å². The summed E-state index contributed by atoms with van der Waals surface area (Å²) in [6.45, 7) is 8.52. The summed E-state index contributed by atoms with van der Waals surface area (Å²) in [5, 5.41) is 1.05. The van der Waals surface area contributed by atoms with E-state index >= 15 is 0 Å². The van der Waals surface area contributed by atoms with Crippen LogP contribution in [0.5, 0.6) is 5.75 Å². The van der Waals surface area contributed by atoms with Crippen molar-refractivity contribution in [1.29, 1.82) is 0 Å². The molecule has 0 unspecified atom stereocenters. The standard InChI is InChI=1S/C16H21NO3/c1-5-19-13-7-8-14-12(11-13)9-10-17(14)16(3,4)15(18)20-6-2/h7-11H,5-6H2,1-4H3. The molecule has 1 heterocycles. The summed E-state index contributed by atoms with van der Waals surface area (Å²) in [7, 11) is 0. The molecule has 0 amide bonds. The number of hydrogen-bond acceptors (Lipinski definition) is 3. The molecule has 0 spiro atoms. The third kappa shape index (κ3) is 2.50. The molecule has 0 aliphatic heterocycles. The van der Waals surface area contributed by atoms with Gasteiger partial charge in [0.2, 0.25) is 0 Å². The van der Waals surface area contributed by atoms with Crippen LogP contribution in [0.25, 0.3) is 10.9 Å². The molecular formula is C16H21NO3. The van der Waals surface area contributed by atoms with Crippen molar-refractivity contribution in [2.45, 2.75) is 33.2 Å². The lowest BCUT2D eigenvalue weighted by molar-refractivity contribution is -0.151. The Morgan fingerprint density at radius 2 is 1.95 bits per heavy atom. The average Bonchev–Trinajstić information content (AvgIpc) is 2.83. The van der Waals surface area contributed by atoms with E-state index in [2.05, 4.69) is 0 Å². The van der Waals surface area contributed by atoms with Crippen LogP contribution in [0, 0.1) is 0 Å². The van der Waals surface area contributed by atoms with Gasteiger partial charge in [-0.3, -0.25) is 0 Å². The maximum atomic E-state index is 12.1. The van der Waals surface area contributed by atoms with Crippen molar-refractivity contribution in [2.75, 3.05) is 13.2 Å². The van der Waals surface area contributed by atoms with Crippen LogP contribution in [0.4, 0.5) is 0 Å². The maximum Gasteiger partial charge on any atom is 0.331 e. The molecule has 0 N–H and O–H groups in total. The predicted octanol–water partition coefficient (Wildman–Crippen LogP) is 3.34. The first-order valence-corrected chi connectivity index (χ1v) is 6.92. The molecular weight excluding hydrogens is 254 g/mol. The molecule has 0 fully saturated rings. The van der Waals surface area contributed by atoms with Gasteiger partial charge in [-0.1, -0.05) is 0 Å². The molecule has 4 heteroatoms. The smallest absolute Gasteiger partial charge is 0.331 e. The first kappa shape index (κ1) is 14.4. The van der Waals surface area contributed by atoms with E-state index in [0.717, 1.165) is 16.7 Å². The second kappa shape index (κ2) is 5.57. The third-order valence-electron chi connectivity index (χ3n) is 3.35. The molecule has 0 aliphatic carbocycles. The van der Waals surface area contributed by atoms with Crippen molar-refractivity contribution in [1.82, 2.24) is 4.57 Å². The summed E-state index contributed by atoms with van der Waals surface area (Å²) in [6.07, 6.45) is 1.91. The molecule has 20 heavy (non-hydrogen) atoms.